The molecule has 156 valence electrons. The molecule has 1 aliphatic heterocycles. The monoisotopic (exact) mass is 402 g/mol. The van der Waals surface area contributed by atoms with Gasteiger partial charge >= 0.3 is 0 Å². The van der Waals surface area contributed by atoms with Gasteiger partial charge in [-0.05, 0) is 68.1 Å². The fourth-order valence-electron chi connectivity index (χ4n) is 4.05. The van der Waals surface area contributed by atoms with Crippen LogP contribution < -0.4 is 9.47 Å². The summed E-state index contributed by atoms with van der Waals surface area (Å²) in [4.78, 5) is 6.96. The predicted molar refractivity (Wildman–Crippen MR) is 123 cm³/mol. The first kappa shape index (κ1) is 20.4. The molecule has 0 amide bonds. The molecule has 1 saturated heterocycles. The van der Waals surface area contributed by atoms with Crippen LogP contribution in [0.2, 0.25) is 0 Å². The van der Waals surface area contributed by atoms with E-state index in [9.17, 15) is 0 Å². The van der Waals surface area contributed by atoms with Crippen molar-refractivity contribution in [1.29, 1.82) is 0 Å². The molecule has 0 atom stereocenters. The lowest BCUT2D eigenvalue weighted by Crippen LogP contribution is -2.34. The number of ether oxygens (including phenoxy) is 2. The Labute approximate surface area is 179 Å². The van der Waals surface area contributed by atoms with Gasteiger partial charge in [0.25, 0.3) is 0 Å². The number of rotatable bonds is 8. The van der Waals surface area contributed by atoms with E-state index in [4.69, 9.17) is 9.47 Å². The minimum atomic E-state index is 0.738. The number of methoxy groups -OCH3 is 1. The van der Waals surface area contributed by atoms with Crippen LogP contribution in [0.15, 0.2) is 66.9 Å². The van der Waals surface area contributed by atoms with Crippen molar-refractivity contribution in [3.8, 4) is 11.5 Å². The van der Waals surface area contributed by atoms with Crippen LogP contribution in [0.1, 0.15) is 24.8 Å². The molecule has 0 radical (unpaired) electrons. The lowest BCUT2D eigenvalue weighted by atomic mass is 9.94. The number of pyridine rings is 1. The standard InChI is InChI=1S/C26H30N2O2/c1-29-23-9-10-25-24(20-23)26(11-15-27-25)30-19-14-22-12-17-28(18-13-22)16-5-8-21-6-3-2-4-7-21/h2-11,15,20,22H,12-14,16-19H2,1H3/b8-5+. The summed E-state index contributed by atoms with van der Waals surface area (Å²) in [7, 11) is 1.68. The third-order valence-electron chi connectivity index (χ3n) is 5.87. The van der Waals surface area contributed by atoms with Gasteiger partial charge in [0.2, 0.25) is 0 Å². The smallest absolute Gasteiger partial charge is 0.130 e. The van der Waals surface area contributed by atoms with Gasteiger partial charge in [-0.3, -0.25) is 9.88 Å². The highest BCUT2D eigenvalue weighted by Crippen LogP contribution is 2.28. The molecule has 0 saturated carbocycles. The molecule has 1 aromatic heterocycles. The fraction of sp³-hybridized carbons (Fsp3) is 0.346. The Morgan fingerprint density at radius 1 is 1.07 bits per heavy atom. The summed E-state index contributed by atoms with van der Waals surface area (Å²) in [5.41, 5.74) is 2.20. The number of likely N-dealkylation sites (tertiary alicyclic amines) is 1. The normalized spacial score (nSPS) is 15.6. The number of fused-ring (bicyclic) bond motifs is 1. The van der Waals surface area contributed by atoms with Gasteiger partial charge in [-0.15, -0.1) is 0 Å². The molecule has 1 fully saturated rings. The number of hydrogen-bond donors (Lipinski definition) is 0. The van der Waals surface area contributed by atoms with Crippen LogP contribution in [0.3, 0.4) is 0 Å². The van der Waals surface area contributed by atoms with E-state index in [2.05, 4.69) is 52.4 Å². The molecular formula is C26H30N2O2. The van der Waals surface area contributed by atoms with Gasteiger partial charge in [0.1, 0.15) is 11.5 Å². The average molecular weight is 403 g/mol. The third kappa shape index (κ3) is 5.39. The number of benzene rings is 2. The lowest BCUT2D eigenvalue weighted by molar-refractivity contribution is 0.175. The Kier molecular flexibility index (Phi) is 6.99. The van der Waals surface area contributed by atoms with Crippen molar-refractivity contribution in [3.63, 3.8) is 0 Å². The second kappa shape index (κ2) is 10.3. The van der Waals surface area contributed by atoms with Gasteiger partial charge in [-0.1, -0.05) is 42.5 Å². The maximum absolute atomic E-state index is 6.14. The van der Waals surface area contributed by atoms with Crippen LogP contribution in [-0.4, -0.2) is 43.2 Å². The van der Waals surface area contributed by atoms with E-state index in [0.717, 1.165) is 47.9 Å². The van der Waals surface area contributed by atoms with Crippen molar-refractivity contribution >= 4 is 17.0 Å². The van der Waals surface area contributed by atoms with E-state index in [1.165, 1.54) is 31.5 Å². The Bertz CT molecular complexity index is 963. The van der Waals surface area contributed by atoms with Crippen molar-refractivity contribution in [1.82, 2.24) is 9.88 Å². The Balaban J connectivity index is 1.22. The minimum absolute atomic E-state index is 0.738. The van der Waals surface area contributed by atoms with Crippen LogP contribution in [0, 0.1) is 5.92 Å². The highest BCUT2D eigenvalue weighted by atomic mass is 16.5. The molecule has 1 aliphatic rings. The number of hydrogen-bond acceptors (Lipinski definition) is 4. The van der Waals surface area contributed by atoms with Crippen LogP contribution in [0.5, 0.6) is 11.5 Å². The zero-order valence-electron chi connectivity index (χ0n) is 17.7. The van der Waals surface area contributed by atoms with Gasteiger partial charge in [-0.2, -0.15) is 0 Å². The molecular weight excluding hydrogens is 372 g/mol. The zero-order chi connectivity index (χ0) is 20.6. The summed E-state index contributed by atoms with van der Waals surface area (Å²) in [5, 5.41) is 1.01. The van der Waals surface area contributed by atoms with Crippen LogP contribution in [0.4, 0.5) is 0 Å². The molecule has 2 aromatic carbocycles. The highest BCUT2D eigenvalue weighted by Gasteiger charge is 2.18. The van der Waals surface area contributed by atoms with Crippen LogP contribution in [0.25, 0.3) is 17.0 Å². The topological polar surface area (TPSA) is 34.6 Å². The molecule has 30 heavy (non-hydrogen) atoms. The molecule has 0 aliphatic carbocycles. The molecule has 0 N–H and O–H groups in total. The largest absolute Gasteiger partial charge is 0.497 e. The van der Waals surface area contributed by atoms with E-state index in [1.807, 2.05) is 30.5 Å². The summed E-state index contributed by atoms with van der Waals surface area (Å²) < 4.78 is 11.5. The fourth-order valence-corrected chi connectivity index (χ4v) is 4.05. The van der Waals surface area contributed by atoms with Gasteiger partial charge < -0.3 is 9.47 Å². The molecule has 3 aromatic rings. The summed E-state index contributed by atoms with van der Waals surface area (Å²) >= 11 is 0. The third-order valence-corrected chi connectivity index (χ3v) is 5.87. The quantitative estimate of drug-likeness (QED) is 0.503. The Morgan fingerprint density at radius 2 is 1.90 bits per heavy atom. The van der Waals surface area contributed by atoms with E-state index >= 15 is 0 Å². The molecule has 2 heterocycles. The summed E-state index contributed by atoms with van der Waals surface area (Å²) in [6.45, 7) is 4.11. The first-order chi connectivity index (χ1) is 14.8. The zero-order valence-corrected chi connectivity index (χ0v) is 17.7. The second-order valence-electron chi connectivity index (χ2n) is 7.89. The van der Waals surface area contributed by atoms with E-state index < -0.39 is 0 Å². The van der Waals surface area contributed by atoms with Crippen LogP contribution >= 0.6 is 0 Å². The first-order valence-electron chi connectivity index (χ1n) is 10.8. The van der Waals surface area contributed by atoms with Crippen molar-refractivity contribution in [2.24, 2.45) is 5.92 Å². The average Bonchev–Trinajstić information content (AvgIpc) is 2.80. The minimum Gasteiger partial charge on any atom is -0.497 e. The van der Waals surface area contributed by atoms with Crippen molar-refractivity contribution in [2.45, 2.75) is 19.3 Å². The first-order valence-corrected chi connectivity index (χ1v) is 10.8. The van der Waals surface area contributed by atoms with Crippen molar-refractivity contribution in [3.05, 3.63) is 72.4 Å². The van der Waals surface area contributed by atoms with Crippen LogP contribution in [-0.2, 0) is 0 Å². The van der Waals surface area contributed by atoms with Gasteiger partial charge in [0.05, 0.1) is 19.2 Å². The van der Waals surface area contributed by atoms with E-state index in [-0.39, 0.29) is 0 Å². The van der Waals surface area contributed by atoms with Crippen molar-refractivity contribution in [2.75, 3.05) is 33.4 Å². The predicted octanol–water partition coefficient (Wildman–Crippen LogP) is 5.44. The second-order valence-corrected chi connectivity index (χ2v) is 7.89. The number of nitrogens with zero attached hydrogens (tertiary/aromatic N) is 2. The van der Waals surface area contributed by atoms with Gasteiger partial charge in [0.15, 0.2) is 0 Å². The summed E-state index contributed by atoms with van der Waals surface area (Å²) in [5.74, 6) is 2.46. The summed E-state index contributed by atoms with van der Waals surface area (Å²) in [6.07, 6.45) is 9.89. The highest BCUT2D eigenvalue weighted by molar-refractivity contribution is 5.86. The molecule has 0 spiro atoms. The van der Waals surface area contributed by atoms with E-state index in [1.54, 1.807) is 7.11 Å². The maximum Gasteiger partial charge on any atom is 0.130 e. The SMILES string of the molecule is COc1ccc2nccc(OCCC3CCN(C/C=C/c4ccccc4)CC3)c2c1. The number of aromatic nitrogens is 1. The molecule has 4 heteroatoms. The molecule has 4 nitrogen and oxygen atoms in total. The van der Waals surface area contributed by atoms with Gasteiger partial charge in [-0.25, -0.2) is 0 Å². The van der Waals surface area contributed by atoms with Gasteiger partial charge in [0, 0.05) is 18.1 Å². The summed E-state index contributed by atoms with van der Waals surface area (Å²) in [6, 6.07) is 18.4. The molecule has 0 unspecified atom stereocenters. The Morgan fingerprint density at radius 3 is 2.70 bits per heavy atom. The number of piperidine rings is 1. The molecule has 4 rings (SSSR count). The molecule has 0 bridgehead atoms. The lowest BCUT2D eigenvalue weighted by Gasteiger charge is -2.31. The Hall–Kier alpha value is -2.85. The maximum atomic E-state index is 6.14. The van der Waals surface area contributed by atoms with E-state index in [0.29, 0.717) is 0 Å². The van der Waals surface area contributed by atoms with Crippen molar-refractivity contribution < 1.29 is 9.47 Å².